The quantitative estimate of drug-likeness (QED) is 0.748. The van der Waals surface area contributed by atoms with Crippen molar-refractivity contribution >= 4 is 23.0 Å². The lowest BCUT2D eigenvalue weighted by Crippen LogP contribution is -2.16. The van der Waals surface area contributed by atoms with Gasteiger partial charge in [-0.3, -0.25) is 9.78 Å². The van der Waals surface area contributed by atoms with Gasteiger partial charge in [0.1, 0.15) is 0 Å². The Morgan fingerprint density at radius 3 is 2.65 bits per heavy atom. The third-order valence-corrected chi connectivity index (χ3v) is 3.67. The second-order valence-electron chi connectivity index (χ2n) is 5.81. The first-order chi connectivity index (χ1) is 12.5. The monoisotopic (exact) mass is 343 g/mol. The van der Waals surface area contributed by atoms with Gasteiger partial charge in [0.15, 0.2) is 5.69 Å². The molecule has 2 heterocycles. The number of hydrogen-bond acceptors (Lipinski definition) is 5. The summed E-state index contributed by atoms with van der Waals surface area (Å²) in [6.45, 7) is 3.68. The molecule has 26 heavy (non-hydrogen) atoms. The van der Waals surface area contributed by atoms with Crippen LogP contribution in [-0.2, 0) is 0 Å². The molecule has 0 fully saturated rings. The second-order valence-corrected chi connectivity index (χ2v) is 5.81. The highest BCUT2D eigenvalue weighted by Gasteiger charge is 2.15. The summed E-state index contributed by atoms with van der Waals surface area (Å²) in [4.78, 5) is 21.2. The fraction of sp³-hybridized carbons (Fsp3) is 0.100. The maximum absolute atomic E-state index is 12.7. The number of carbonyl (C=O) groups is 1. The molecule has 6 nitrogen and oxygen atoms in total. The molecule has 2 aromatic heterocycles. The van der Waals surface area contributed by atoms with Gasteiger partial charge in [-0.2, -0.15) is 5.26 Å². The van der Waals surface area contributed by atoms with E-state index >= 15 is 0 Å². The second kappa shape index (κ2) is 7.45. The number of amides is 1. The Morgan fingerprint density at radius 1 is 1.04 bits per heavy atom. The SMILES string of the molecule is Cc1cc(NC(=O)c2nc(C)ccc2Nc2cccc(C#N)c2)ccn1. The number of nitrogens with one attached hydrogen (secondary N) is 2. The van der Waals surface area contributed by atoms with Crippen molar-refractivity contribution in [1.82, 2.24) is 9.97 Å². The van der Waals surface area contributed by atoms with Crippen LogP contribution in [-0.4, -0.2) is 15.9 Å². The van der Waals surface area contributed by atoms with Crippen molar-refractivity contribution in [2.24, 2.45) is 0 Å². The minimum atomic E-state index is -0.321. The molecular formula is C20H17N5O. The van der Waals surface area contributed by atoms with Crippen molar-refractivity contribution in [3.05, 3.63) is 77.4 Å². The summed E-state index contributed by atoms with van der Waals surface area (Å²) < 4.78 is 0. The molecule has 0 saturated heterocycles. The van der Waals surface area contributed by atoms with Gasteiger partial charge >= 0.3 is 0 Å². The zero-order chi connectivity index (χ0) is 18.5. The van der Waals surface area contributed by atoms with Crippen LogP contribution < -0.4 is 10.6 Å². The maximum atomic E-state index is 12.7. The molecule has 0 aliphatic rings. The van der Waals surface area contributed by atoms with Crippen molar-refractivity contribution in [3.63, 3.8) is 0 Å². The molecule has 0 bridgehead atoms. The summed E-state index contributed by atoms with van der Waals surface area (Å²) in [5.41, 5.74) is 4.29. The molecule has 6 heteroatoms. The number of anilines is 3. The zero-order valence-electron chi connectivity index (χ0n) is 14.4. The van der Waals surface area contributed by atoms with Crippen LogP contribution in [0.25, 0.3) is 0 Å². The fourth-order valence-corrected chi connectivity index (χ4v) is 2.47. The van der Waals surface area contributed by atoms with E-state index in [1.165, 1.54) is 0 Å². The van der Waals surface area contributed by atoms with E-state index in [4.69, 9.17) is 5.26 Å². The van der Waals surface area contributed by atoms with Gasteiger partial charge in [-0.05, 0) is 56.3 Å². The first-order valence-corrected chi connectivity index (χ1v) is 8.04. The number of nitrogens with zero attached hydrogens (tertiary/aromatic N) is 3. The van der Waals surface area contributed by atoms with E-state index in [9.17, 15) is 4.79 Å². The number of rotatable bonds is 4. The van der Waals surface area contributed by atoms with Gasteiger partial charge in [0.25, 0.3) is 5.91 Å². The number of nitriles is 1. The molecule has 3 aromatic rings. The molecule has 0 aliphatic heterocycles. The molecule has 0 spiro atoms. The Labute approximate surface area is 151 Å². The zero-order valence-corrected chi connectivity index (χ0v) is 14.4. The Hall–Kier alpha value is -3.72. The highest BCUT2D eigenvalue weighted by molar-refractivity contribution is 6.07. The molecule has 1 aromatic carbocycles. The molecule has 0 atom stereocenters. The molecule has 0 aliphatic carbocycles. The van der Waals surface area contributed by atoms with Crippen molar-refractivity contribution < 1.29 is 4.79 Å². The van der Waals surface area contributed by atoms with Crippen LogP contribution in [0.15, 0.2) is 54.7 Å². The third kappa shape index (κ3) is 4.02. The van der Waals surface area contributed by atoms with E-state index in [0.717, 1.165) is 11.4 Å². The highest BCUT2D eigenvalue weighted by atomic mass is 16.1. The predicted octanol–water partition coefficient (Wildman–Crippen LogP) is 3.96. The number of benzene rings is 1. The molecule has 0 radical (unpaired) electrons. The predicted molar refractivity (Wildman–Crippen MR) is 100 cm³/mol. The van der Waals surface area contributed by atoms with E-state index in [1.807, 2.05) is 26.0 Å². The average Bonchev–Trinajstić information content (AvgIpc) is 2.63. The normalized spacial score (nSPS) is 10.0. The number of pyridine rings is 2. The summed E-state index contributed by atoms with van der Waals surface area (Å²) in [7, 11) is 0. The summed E-state index contributed by atoms with van der Waals surface area (Å²) >= 11 is 0. The van der Waals surface area contributed by atoms with Gasteiger partial charge < -0.3 is 10.6 Å². The molecule has 128 valence electrons. The van der Waals surface area contributed by atoms with Crippen molar-refractivity contribution in [2.75, 3.05) is 10.6 Å². The minimum Gasteiger partial charge on any atom is -0.354 e. The third-order valence-electron chi connectivity index (χ3n) is 3.67. The Morgan fingerprint density at radius 2 is 1.88 bits per heavy atom. The number of aromatic nitrogens is 2. The maximum Gasteiger partial charge on any atom is 0.276 e. The topological polar surface area (TPSA) is 90.7 Å². The van der Waals surface area contributed by atoms with Gasteiger partial charge in [0, 0.05) is 29.0 Å². The standard InChI is InChI=1S/C20H17N5O/c1-13-6-7-18(24-16-5-3-4-15(11-16)12-21)19(23-13)20(26)25-17-8-9-22-14(2)10-17/h3-11,24H,1-2H3,(H,22,25,26). The first kappa shape index (κ1) is 17.1. The molecule has 0 saturated carbocycles. The lowest BCUT2D eigenvalue weighted by Gasteiger charge is -2.13. The van der Waals surface area contributed by atoms with Crippen LogP contribution >= 0.6 is 0 Å². The van der Waals surface area contributed by atoms with Gasteiger partial charge in [-0.1, -0.05) is 6.07 Å². The average molecular weight is 343 g/mol. The lowest BCUT2D eigenvalue weighted by atomic mass is 10.2. The molecular weight excluding hydrogens is 326 g/mol. The highest BCUT2D eigenvalue weighted by Crippen LogP contribution is 2.22. The van der Waals surface area contributed by atoms with Crippen molar-refractivity contribution in [3.8, 4) is 6.07 Å². The molecule has 1 amide bonds. The minimum absolute atomic E-state index is 0.279. The number of hydrogen-bond donors (Lipinski definition) is 2. The van der Waals surface area contributed by atoms with E-state index in [2.05, 4.69) is 26.7 Å². The smallest absolute Gasteiger partial charge is 0.276 e. The largest absolute Gasteiger partial charge is 0.354 e. The van der Waals surface area contributed by atoms with Gasteiger partial charge in [0.05, 0.1) is 17.3 Å². The molecule has 2 N–H and O–H groups in total. The summed E-state index contributed by atoms with van der Waals surface area (Å²) in [5, 5.41) is 15.0. The van der Waals surface area contributed by atoms with E-state index in [1.54, 1.807) is 42.6 Å². The first-order valence-electron chi connectivity index (χ1n) is 8.04. The van der Waals surface area contributed by atoms with Crippen LogP contribution in [0.4, 0.5) is 17.1 Å². The van der Waals surface area contributed by atoms with Crippen LogP contribution in [0.1, 0.15) is 27.4 Å². The number of carbonyl (C=O) groups excluding carboxylic acids is 1. The van der Waals surface area contributed by atoms with Crippen LogP contribution in [0.5, 0.6) is 0 Å². The van der Waals surface area contributed by atoms with Gasteiger partial charge in [-0.15, -0.1) is 0 Å². The summed E-state index contributed by atoms with van der Waals surface area (Å²) in [6.07, 6.45) is 1.64. The summed E-state index contributed by atoms with van der Waals surface area (Å²) in [5.74, 6) is -0.321. The van der Waals surface area contributed by atoms with Gasteiger partial charge in [-0.25, -0.2) is 4.98 Å². The van der Waals surface area contributed by atoms with Crippen LogP contribution in [0.3, 0.4) is 0 Å². The lowest BCUT2D eigenvalue weighted by molar-refractivity contribution is 0.102. The van der Waals surface area contributed by atoms with Crippen molar-refractivity contribution in [2.45, 2.75) is 13.8 Å². The Bertz CT molecular complexity index is 1010. The van der Waals surface area contributed by atoms with Gasteiger partial charge in [0.2, 0.25) is 0 Å². The van der Waals surface area contributed by atoms with E-state index in [0.29, 0.717) is 22.6 Å². The van der Waals surface area contributed by atoms with Crippen LogP contribution in [0, 0.1) is 25.2 Å². The van der Waals surface area contributed by atoms with E-state index in [-0.39, 0.29) is 11.6 Å². The molecule has 0 unspecified atom stereocenters. The van der Waals surface area contributed by atoms with Crippen LogP contribution in [0.2, 0.25) is 0 Å². The van der Waals surface area contributed by atoms with Crippen molar-refractivity contribution in [1.29, 1.82) is 5.26 Å². The summed E-state index contributed by atoms with van der Waals surface area (Å²) in [6, 6.07) is 16.3. The Balaban J connectivity index is 1.90. The van der Waals surface area contributed by atoms with E-state index < -0.39 is 0 Å². The number of aryl methyl sites for hydroxylation is 2. The fourth-order valence-electron chi connectivity index (χ4n) is 2.47. The molecule has 3 rings (SSSR count). The Kier molecular flexibility index (Phi) is 4.90.